The van der Waals surface area contributed by atoms with Gasteiger partial charge in [0.1, 0.15) is 8.24 Å². The van der Waals surface area contributed by atoms with Crippen LogP contribution in [0.3, 0.4) is 0 Å². The van der Waals surface area contributed by atoms with Crippen molar-refractivity contribution in [3.8, 4) is 0 Å². The van der Waals surface area contributed by atoms with E-state index in [1.165, 1.54) is 19.3 Å². The van der Waals surface area contributed by atoms with Crippen LogP contribution in [-0.2, 0) is 0 Å². The normalized spacial score (nSPS) is 43.6. The number of hydrogen-bond acceptors (Lipinski definition) is 1. The van der Waals surface area contributed by atoms with Gasteiger partial charge in [-0.25, -0.2) is 0 Å². The Morgan fingerprint density at radius 2 is 1.41 bits per heavy atom. The number of nitrogens with one attached hydrogen (secondary N) is 1. The molecule has 0 saturated heterocycles. The molecule has 4 fully saturated rings. The smallest absolute Gasteiger partial charge is 0.123 e. The van der Waals surface area contributed by atoms with E-state index in [0.29, 0.717) is 0 Å². The van der Waals surface area contributed by atoms with Crippen LogP contribution >= 0.6 is 0 Å². The molecule has 7 unspecified atom stereocenters. The average molecular weight is 390 g/mol. The fourth-order valence-electron chi connectivity index (χ4n) is 9.25. The van der Waals surface area contributed by atoms with Crippen molar-refractivity contribution in [3.63, 3.8) is 0 Å². The summed E-state index contributed by atoms with van der Waals surface area (Å²) in [5, 5.41) is 0. The first-order valence-electron chi connectivity index (χ1n) is 12.5. The van der Waals surface area contributed by atoms with E-state index >= 15 is 0 Å². The van der Waals surface area contributed by atoms with Crippen molar-refractivity contribution >= 4 is 8.24 Å². The van der Waals surface area contributed by atoms with E-state index < -0.39 is 8.24 Å². The van der Waals surface area contributed by atoms with Crippen molar-refractivity contribution in [2.75, 3.05) is 0 Å². The summed E-state index contributed by atoms with van der Waals surface area (Å²) < 4.78 is 0. The molecule has 0 aromatic heterocycles. The van der Waals surface area contributed by atoms with Gasteiger partial charge in [0.2, 0.25) is 0 Å². The van der Waals surface area contributed by atoms with Crippen molar-refractivity contribution in [2.45, 2.75) is 116 Å². The number of hydrogen-bond donors (Lipinski definition) is 1. The summed E-state index contributed by atoms with van der Waals surface area (Å²) in [6, 6.07) is 0. The molecule has 0 aromatic carbocycles. The fourth-order valence-corrected chi connectivity index (χ4v) is 14.4. The minimum atomic E-state index is -1.45. The molecular weight excluding hydrogens is 342 g/mol. The molecule has 0 aromatic rings. The largest absolute Gasteiger partial charge is 0.332 e. The molecule has 27 heavy (non-hydrogen) atoms. The molecule has 0 bridgehead atoms. The third kappa shape index (κ3) is 3.96. The highest BCUT2D eigenvalue weighted by molar-refractivity contribution is 6.76. The van der Waals surface area contributed by atoms with Crippen LogP contribution in [0.1, 0.15) is 91.9 Å². The van der Waals surface area contributed by atoms with Crippen LogP contribution in [0.2, 0.25) is 18.6 Å². The van der Waals surface area contributed by atoms with E-state index in [0.717, 1.165) is 47.0 Å². The third-order valence-corrected chi connectivity index (χ3v) is 13.3. The first kappa shape index (κ1) is 20.4. The summed E-state index contributed by atoms with van der Waals surface area (Å²) in [5.41, 5.74) is 1.26. The Bertz CT molecular complexity index is 515. The second-order valence-electron chi connectivity index (χ2n) is 12.7. The van der Waals surface area contributed by atoms with Gasteiger partial charge in [-0.3, -0.25) is 0 Å². The maximum absolute atomic E-state index is 4.19. The van der Waals surface area contributed by atoms with Gasteiger partial charge in [-0.05, 0) is 87.0 Å². The lowest BCUT2D eigenvalue weighted by Gasteiger charge is -2.50. The Morgan fingerprint density at radius 3 is 2.07 bits per heavy atom. The summed E-state index contributed by atoms with van der Waals surface area (Å²) in [6.07, 6.45) is 15.5. The molecule has 4 rings (SSSR count). The Balaban J connectivity index is 1.61. The highest BCUT2D eigenvalue weighted by Crippen LogP contribution is 2.64. The Labute approximate surface area is 170 Å². The highest BCUT2D eigenvalue weighted by Gasteiger charge is 2.58. The van der Waals surface area contributed by atoms with Crippen molar-refractivity contribution in [2.24, 2.45) is 41.4 Å². The Morgan fingerprint density at radius 1 is 0.741 bits per heavy atom. The van der Waals surface area contributed by atoms with Crippen molar-refractivity contribution < 1.29 is 0 Å². The standard InChI is InChI=1S/C25H47NSi/c1-17-15-21-22(24(17)27(5,6)26-25(2,3)4)16-19-13-10-14-20(19)23(21)18-11-8-7-9-12-18/h17-24,26H,7-16H2,1-6H3. The van der Waals surface area contributed by atoms with Crippen LogP contribution in [0.25, 0.3) is 0 Å². The lowest BCUT2D eigenvalue weighted by molar-refractivity contribution is 0.0158. The summed E-state index contributed by atoms with van der Waals surface area (Å²) >= 11 is 0. The van der Waals surface area contributed by atoms with E-state index in [1.54, 1.807) is 44.9 Å². The lowest BCUT2D eigenvalue weighted by atomic mass is 9.58. The van der Waals surface area contributed by atoms with Crippen LogP contribution in [0.4, 0.5) is 0 Å². The van der Waals surface area contributed by atoms with Gasteiger partial charge in [-0.1, -0.05) is 65.0 Å². The molecular formula is C25H47NSi. The molecule has 4 aliphatic rings. The number of rotatable bonds is 3. The molecule has 156 valence electrons. The fraction of sp³-hybridized carbons (Fsp3) is 1.00. The van der Waals surface area contributed by atoms with Crippen LogP contribution < -0.4 is 4.98 Å². The molecule has 0 amide bonds. The van der Waals surface area contributed by atoms with Crippen LogP contribution in [0.5, 0.6) is 0 Å². The van der Waals surface area contributed by atoms with Crippen LogP contribution in [0, 0.1) is 41.4 Å². The predicted octanol–water partition coefficient (Wildman–Crippen LogP) is 7.24. The summed E-state index contributed by atoms with van der Waals surface area (Å²) in [5.74, 6) is 7.45. The van der Waals surface area contributed by atoms with Gasteiger partial charge in [0.05, 0.1) is 0 Å². The average Bonchev–Trinajstić information content (AvgIpc) is 3.14. The second kappa shape index (κ2) is 7.46. The highest BCUT2D eigenvalue weighted by atomic mass is 28.3. The van der Waals surface area contributed by atoms with Crippen molar-refractivity contribution in [3.05, 3.63) is 0 Å². The quantitative estimate of drug-likeness (QED) is 0.502. The lowest BCUT2D eigenvalue weighted by Crippen LogP contribution is -2.59. The zero-order valence-electron chi connectivity index (χ0n) is 19.2. The molecule has 1 nitrogen and oxygen atoms in total. The van der Waals surface area contributed by atoms with E-state index in [4.69, 9.17) is 0 Å². The van der Waals surface area contributed by atoms with Crippen molar-refractivity contribution in [1.29, 1.82) is 0 Å². The molecule has 0 aliphatic heterocycles. The van der Waals surface area contributed by atoms with Crippen LogP contribution in [-0.4, -0.2) is 13.8 Å². The Hall–Kier alpha value is 0.177. The van der Waals surface area contributed by atoms with Gasteiger partial charge in [0, 0.05) is 5.54 Å². The monoisotopic (exact) mass is 389 g/mol. The van der Waals surface area contributed by atoms with E-state index in [9.17, 15) is 0 Å². The maximum Gasteiger partial charge on any atom is 0.123 e. The second-order valence-corrected chi connectivity index (χ2v) is 17.1. The summed E-state index contributed by atoms with van der Waals surface area (Å²) in [7, 11) is -1.45. The molecule has 7 atom stereocenters. The molecule has 0 heterocycles. The topological polar surface area (TPSA) is 12.0 Å². The first-order valence-corrected chi connectivity index (χ1v) is 15.5. The molecule has 0 radical (unpaired) electrons. The Kier molecular flexibility index (Phi) is 5.65. The summed E-state index contributed by atoms with van der Waals surface area (Å²) in [4.78, 5) is 4.19. The minimum Gasteiger partial charge on any atom is -0.332 e. The van der Waals surface area contributed by atoms with Gasteiger partial charge >= 0.3 is 0 Å². The molecule has 4 saturated carbocycles. The summed E-state index contributed by atoms with van der Waals surface area (Å²) in [6.45, 7) is 15.1. The van der Waals surface area contributed by atoms with Crippen LogP contribution in [0.15, 0.2) is 0 Å². The van der Waals surface area contributed by atoms with E-state index in [1.807, 2.05) is 0 Å². The van der Waals surface area contributed by atoms with E-state index in [2.05, 4.69) is 45.8 Å². The van der Waals surface area contributed by atoms with Gasteiger partial charge in [0.15, 0.2) is 0 Å². The molecule has 0 spiro atoms. The predicted molar refractivity (Wildman–Crippen MR) is 120 cm³/mol. The maximum atomic E-state index is 4.19. The van der Waals surface area contributed by atoms with Gasteiger partial charge < -0.3 is 4.98 Å². The SMILES string of the molecule is CC1CC2C(CC3CCCC3C2C2CCCCC2)C1[Si](C)(C)NC(C)(C)C. The zero-order chi connectivity index (χ0) is 19.4. The third-order valence-electron chi connectivity index (χ3n) is 9.27. The van der Waals surface area contributed by atoms with Gasteiger partial charge in [-0.15, -0.1) is 0 Å². The minimum absolute atomic E-state index is 0.265. The van der Waals surface area contributed by atoms with Crippen molar-refractivity contribution in [1.82, 2.24) is 4.98 Å². The van der Waals surface area contributed by atoms with Gasteiger partial charge in [-0.2, -0.15) is 0 Å². The zero-order valence-corrected chi connectivity index (χ0v) is 20.2. The first-order chi connectivity index (χ1) is 12.7. The van der Waals surface area contributed by atoms with Gasteiger partial charge in [0.25, 0.3) is 0 Å². The molecule has 1 N–H and O–H groups in total. The molecule has 4 aliphatic carbocycles. The molecule has 2 heteroatoms. The van der Waals surface area contributed by atoms with E-state index in [-0.39, 0.29) is 5.54 Å². The number of fused-ring (bicyclic) bond motifs is 2.